The van der Waals surface area contributed by atoms with Crippen molar-refractivity contribution in [3.8, 4) is 0 Å². The summed E-state index contributed by atoms with van der Waals surface area (Å²) in [6, 6.07) is 4.29. The lowest BCUT2D eigenvalue weighted by Crippen LogP contribution is -2.46. The third-order valence-corrected chi connectivity index (χ3v) is 3.88. The van der Waals surface area contributed by atoms with Gasteiger partial charge in [-0.2, -0.15) is 0 Å². The lowest BCUT2D eigenvalue weighted by atomic mass is 9.92. The van der Waals surface area contributed by atoms with Gasteiger partial charge in [0.05, 0.1) is 11.6 Å². The Labute approximate surface area is 107 Å². The van der Waals surface area contributed by atoms with Crippen molar-refractivity contribution in [2.75, 3.05) is 18.0 Å². The Morgan fingerprint density at radius 1 is 1.50 bits per heavy atom. The summed E-state index contributed by atoms with van der Waals surface area (Å²) in [7, 11) is 0. The number of anilines is 1. The van der Waals surface area contributed by atoms with E-state index in [2.05, 4.69) is 16.8 Å². The van der Waals surface area contributed by atoms with Crippen molar-refractivity contribution in [1.82, 2.24) is 4.98 Å². The fourth-order valence-electron chi connectivity index (χ4n) is 2.86. The molecule has 0 spiro atoms. The molecule has 0 radical (unpaired) electrons. The molecule has 1 fully saturated rings. The number of furan rings is 1. The quantitative estimate of drug-likeness (QED) is 0.882. The Morgan fingerprint density at radius 2 is 2.39 bits per heavy atom. The molecule has 3 heterocycles. The minimum Gasteiger partial charge on any atom is -0.464 e. The summed E-state index contributed by atoms with van der Waals surface area (Å²) in [6.07, 6.45) is 5.88. The van der Waals surface area contributed by atoms with Crippen LogP contribution < -0.4 is 10.6 Å². The van der Waals surface area contributed by atoms with Crippen LogP contribution in [0.4, 0.5) is 5.82 Å². The SMILES string of the molecule is CC1CCN(c2nccc3occc23)C(CN)C1. The number of hydrogen-bond donors (Lipinski definition) is 1. The number of hydrogen-bond acceptors (Lipinski definition) is 4. The highest BCUT2D eigenvalue weighted by molar-refractivity contribution is 5.88. The highest BCUT2D eigenvalue weighted by atomic mass is 16.3. The summed E-state index contributed by atoms with van der Waals surface area (Å²) in [6.45, 7) is 4.01. The third-order valence-electron chi connectivity index (χ3n) is 3.88. The maximum Gasteiger partial charge on any atom is 0.139 e. The van der Waals surface area contributed by atoms with E-state index in [4.69, 9.17) is 10.2 Å². The summed E-state index contributed by atoms with van der Waals surface area (Å²) in [4.78, 5) is 6.88. The molecule has 2 unspecified atom stereocenters. The van der Waals surface area contributed by atoms with Crippen LogP contribution in [0.5, 0.6) is 0 Å². The molecule has 2 aromatic rings. The Kier molecular flexibility index (Phi) is 2.96. The molecule has 1 saturated heterocycles. The molecule has 1 aliphatic heterocycles. The maximum atomic E-state index is 5.92. The van der Waals surface area contributed by atoms with Gasteiger partial charge >= 0.3 is 0 Å². The summed E-state index contributed by atoms with van der Waals surface area (Å²) in [5.74, 6) is 1.77. The molecule has 18 heavy (non-hydrogen) atoms. The fraction of sp³-hybridized carbons (Fsp3) is 0.500. The van der Waals surface area contributed by atoms with Crippen molar-refractivity contribution < 1.29 is 4.42 Å². The van der Waals surface area contributed by atoms with Gasteiger partial charge in [0.15, 0.2) is 0 Å². The lowest BCUT2D eigenvalue weighted by Gasteiger charge is -2.39. The monoisotopic (exact) mass is 245 g/mol. The van der Waals surface area contributed by atoms with Crippen LogP contribution in [0.25, 0.3) is 11.0 Å². The van der Waals surface area contributed by atoms with E-state index in [9.17, 15) is 0 Å². The molecule has 0 aliphatic carbocycles. The first kappa shape index (κ1) is 11.5. The third kappa shape index (κ3) is 1.86. The highest BCUT2D eigenvalue weighted by Gasteiger charge is 2.27. The molecule has 4 heteroatoms. The Bertz CT molecular complexity index is 537. The standard InChI is InChI=1S/C14H19N3O/c1-10-3-6-17(11(8-10)9-15)14-12-4-7-18-13(12)2-5-16-14/h2,4-5,7,10-11H,3,6,8-9,15H2,1H3. The first-order chi connectivity index (χ1) is 8.79. The minimum absolute atomic E-state index is 0.391. The van der Waals surface area contributed by atoms with Crippen LogP contribution in [0.2, 0.25) is 0 Å². The molecule has 96 valence electrons. The van der Waals surface area contributed by atoms with Crippen molar-refractivity contribution in [3.05, 3.63) is 24.6 Å². The molecule has 0 bridgehead atoms. The highest BCUT2D eigenvalue weighted by Crippen LogP contribution is 2.31. The number of fused-ring (bicyclic) bond motifs is 1. The van der Waals surface area contributed by atoms with Crippen LogP contribution in [0.1, 0.15) is 19.8 Å². The Balaban J connectivity index is 2.00. The van der Waals surface area contributed by atoms with Gasteiger partial charge in [-0.1, -0.05) is 6.92 Å². The van der Waals surface area contributed by atoms with E-state index in [1.54, 1.807) is 6.26 Å². The number of nitrogens with two attached hydrogens (primary N) is 1. The summed E-state index contributed by atoms with van der Waals surface area (Å²) >= 11 is 0. The Hall–Kier alpha value is -1.55. The maximum absolute atomic E-state index is 5.92. The van der Waals surface area contributed by atoms with Gasteiger partial charge in [0, 0.05) is 25.3 Å². The van der Waals surface area contributed by atoms with Crippen LogP contribution in [0.15, 0.2) is 29.0 Å². The molecule has 3 rings (SSSR count). The topological polar surface area (TPSA) is 55.3 Å². The predicted octanol–water partition coefficient (Wildman–Crippen LogP) is 2.39. The minimum atomic E-state index is 0.391. The summed E-state index contributed by atoms with van der Waals surface area (Å²) in [5.41, 5.74) is 6.82. The van der Waals surface area contributed by atoms with Crippen LogP contribution in [-0.2, 0) is 0 Å². The van der Waals surface area contributed by atoms with Crippen molar-refractivity contribution >= 4 is 16.8 Å². The van der Waals surface area contributed by atoms with E-state index >= 15 is 0 Å². The van der Waals surface area contributed by atoms with E-state index < -0.39 is 0 Å². The molecule has 0 saturated carbocycles. The molecule has 4 nitrogen and oxygen atoms in total. The molecular formula is C14H19N3O. The van der Waals surface area contributed by atoms with Gasteiger partial charge < -0.3 is 15.1 Å². The second-order valence-electron chi connectivity index (χ2n) is 5.18. The summed E-state index contributed by atoms with van der Waals surface area (Å²) < 4.78 is 5.44. The van der Waals surface area contributed by atoms with Crippen LogP contribution in [0, 0.1) is 5.92 Å². The first-order valence-corrected chi connectivity index (χ1v) is 6.58. The molecule has 1 aliphatic rings. The second-order valence-corrected chi connectivity index (χ2v) is 5.18. The lowest BCUT2D eigenvalue weighted by molar-refractivity contribution is 0.365. The number of piperidine rings is 1. The predicted molar refractivity (Wildman–Crippen MR) is 72.6 cm³/mol. The smallest absolute Gasteiger partial charge is 0.139 e. The van der Waals surface area contributed by atoms with Crippen LogP contribution >= 0.6 is 0 Å². The van der Waals surface area contributed by atoms with Crippen molar-refractivity contribution in [2.24, 2.45) is 11.7 Å². The van der Waals surface area contributed by atoms with Gasteiger partial charge in [-0.05, 0) is 30.9 Å². The fourth-order valence-corrected chi connectivity index (χ4v) is 2.86. The van der Waals surface area contributed by atoms with E-state index in [1.165, 1.54) is 6.42 Å². The van der Waals surface area contributed by atoms with Crippen molar-refractivity contribution in [3.63, 3.8) is 0 Å². The summed E-state index contributed by atoms with van der Waals surface area (Å²) in [5, 5.41) is 1.09. The van der Waals surface area contributed by atoms with Gasteiger partial charge in [0.1, 0.15) is 11.4 Å². The van der Waals surface area contributed by atoms with Gasteiger partial charge in [0.2, 0.25) is 0 Å². The van der Waals surface area contributed by atoms with E-state index in [0.29, 0.717) is 12.6 Å². The molecule has 0 aromatic carbocycles. The number of nitrogens with zero attached hydrogens (tertiary/aromatic N) is 2. The zero-order valence-corrected chi connectivity index (χ0v) is 10.7. The normalized spacial score (nSPS) is 24.7. The van der Waals surface area contributed by atoms with Gasteiger partial charge in [-0.25, -0.2) is 4.98 Å². The van der Waals surface area contributed by atoms with E-state index in [-0.39, 0.29) is 0 Å². The van der Waals surface area contributed by atoms with Gasteiger partial charge in [0.25, 0.3) is 0 Å². The van der Waals surface area contributed by atoms with Crippen molar-refractivity contribution in [1.29, 1.82) is 0 Å². The van der Waals surface area contributed by atoms with Crippen molar-refractivity contribution in [2.45, 2.75) is 25.8 Å². The van der Waals surface area contributed by atoms with E-state index in [0.717, 1.165) is 35.7 Å². The molecule has 2 N–H and O–H groups in total. The number of rotatable bonds is 2. The average Bonchev–Trinajstić information content (AvgIpc) is 2.86. The first-order valence-electron chi connectivity index (χ1n) is 6.58. The number of aromatic nitrogens is 1. The average molecular weight is 245 g/mol. The molecule has 2 atom stereocenters. The largest absolute Gasteiger partial charge is 0.464 e. The Morgan fingerprint density at radius 3 is 3.22 bits per heavy atom. The second kappa shape index (κ2) is 4.61. The van der Waals surface area contributed by atoms with E-state index in [1.807, 2.05) is 18.3 Å². The zero-order valence-electron chi connectivity index (χ0n) is 10.7. The van der Waals surface area contributed by atoms with Crippen LogP contribution in [0.3, 0.4) is 0 Å². The van der Waals surface area contributed by atoms with Gasteiger partial charge in [-0.15, -0.1) is 0 Å². The number of pyridine rings is 1. The molecular weight excluding hydrogens is 226 g/mol. The van der Waals surface area contributed by atoms with Gasteiger partial charge in [-0.3, -0.25) is 0 Å². The van der Waals surface area contributed by atoms with Crippen LogP contribution in [-0.4, -0.2) is 24.1 Å². The molecule has 2 aromatic heterocycles. The molecule has 0 amide bonds. The zero-order chi connectivity index (χ0) is 12.5.